The van der Waals surface area contributed by atoms with Crippen LogP contribution in [0.3, 0.4) is 0 Å². The number of rotatable bonds is 7. The van der Waals surface area contributed by atoms with Crippen LogP contribution in [0.2, 0.25) is 0 Å². The quantitative estimate of drug-likeness (QED) is 0.838. The summed E-state index contributed by atoms with van der Waals surface area (Å²) in [4.78, 5) is 1.26. The highest BCUT2D eigenvalue weighted by atomic mass is 32.1. The van der Waals surface area contributed by atoms with E-state index in [-0.39, 0.29) is 6.04 Å². The Morgan fingerprint density at radius 1 is 1.29 bits per heavy atom. The third-order valence-corrected chi connectivity index (χ3v) is 4.52. The van der Waals surface area contributed by atoms with Gasteiger partial charge in [0.1, 0.15) is 11.5 Å². The SMILES string of the molecule is CCNC(c1cccc(OC2CC2)c1)c1cc(OC)cs1. The predicted molar refractivity (Wildman–Crippen MR) is 86.5 cm³/mol. The van der Waals surface area contributed by atoms with Crippen LogP contribution in [0.1, 0.15) is 36.2 Å². The predicted octanol–water partition coefficient (Wildman–Crippen LogP) is 4.00. The largest absolute Gasteiger partial charge is 0.496 e. The van der Waals surface area contributed by atoms with E-state index in [4.69, 9.17) is 9.47 Å². The zero-order chi connectivity index (χ0) is 14.7. The molecule has 1 unspecified atom stereocenters. The molecule has 4 heteroatoms. The first-order valence-electron chi connectivity index (χ1n) is 7.42. The highest BCUT2D eigenvalue weighted by Gasteiger charge is 2.24. The number of hydrogen-bond donors (Lipinski definition) is 1. The van der Waals surface area contributed by atoms with Crippen LogP contribution in [-0.2, 0) is 0 Å². The van der Waals surface area contributed by atoms with Crippen LogP contribution in [0.4, 0.5) is 0 Å². The van der Waals surface area contributed by atoms with E-state index in [9.17, 15) is 0 Å². The van der Waals surface area contributed by atoms with E-state index in [0.29, 0.717) is 6.10 Å². The number of hydrogen-bond acceptors (Lipinski definition) is 4. The minimum Gasteiger partial charge on any atom is -0.496 e. The average Bonchev–Trinajstić information content (AvgIpc) is 3.18. The van der Waals surface area contributed by atoms with Gasteiger partial charge in [-0.05, 0) is 43.1 Å². The van der Waals surface area contributed by atoms with Crippen molar-refractivity contribution in [2.75, 3.05) is 13.7 Å². The zero-order valence-electron chi connectivity index (χ0n) is 12.5. The van der Waals surface area contributed by atoms with Crippen LogP contribution in [0.5, 0.6) is 11.5 Å². The van der Waals surface area contributed by atoms with E-state index in [0.717, 1.165) is 18.0 Å². The molecule has 1 aliphatic rings. The molecule has 112 valence electrons. The van der Waals surface area contributed by atoms with Gasteiger partial charge in [0.15, 0.2) is 0 Å². The molecule has 0 saturated heterocycles. The van der Waals surface area contributed by atoms with Crippen molar-refractivity contribution in [2.45, 2.75) is 31.9 Å². The van der Waals surface area contributed by atoms with Gasteiger partial charge in [0.25, 0.3) is 0 Å². The number of ether oxygens (including phenoxy) is 2. The minimum absolute atomic E-state index is 0.187. The standard InChI is InChI=1S/C17H21NO2S/c1-3-18-17(16-10-15(19-2)11-21-16)12-5-4-6-14(9-12)20-13-7-8-13/h4-6,9-11,13,17-18H,3,7-8H2,1-2H3. The fourth-order valence-electron chi connectivity index (χ4n) is 2.33. The summed E-state index contributed by atoms with van der Waals surface area (Å²) in [6.45, 7) is 3.04. The summed E-state index contributed by atoms with van der Waals surface area (Å²) in [6, 6.07) is 10.7. The van der Waals surface area contributed by atoms with Crippen molar-refractivity contribution in [1.29, 1.82) is 0 Å². The van der Waals surface area contributed by atoms with Crippen molar-refractivity contribution in [1.82, 2.24) is 5.32 Å². The van der Waals surface area contributed by atoms with Gasteiger partial charge >= 0.3 is 0 Å². The Hall–Kier alpha value is -1.52. The Kier molecular flexibility index (Phi) is 4.46. The minimum atomic E-state index is 0.187. The molecule has 3 nitrogen and oxygen atoms in total. The topological polar surface area (TPSA) is 30.5 Å². The van der Waals surface area contributed by atoms with Crippen LogP contribution in [-0.4, -0.2) is 19.8 Å². The normalized spacial score (nSPS) is 15.7. The molecule has 0 aliphatic heterocycles. The lowest BCUT2D eigenvalue weighted by molar-refractivity contribution is 0.302. The van der Waals surface area contributed by atoms with E-state index in [2.05, 4.69) is 36.5 Å². The van der Waals surface area contributed by atoms with E-state index >= 15 is 0 Å². The summed E-state index contributed by atoms with van der Waals surface area (Å²) >= 11 is 1.72. The van der Waals surface area contributed by atoms with Gasteiger partial charge < -0.3 is 14.8 Å². The fourth-order valence-corrected chi connectivity index (χ4v) is 3.28. The molecule has 0 radical (unpaired) electrons. The molecule has 2 aromatic rings. The summed E-state index contributed by atoms with van der Waals surface area (Å²) in [5.41, 5.74) is 1.24. The molecule has 1 saturated carbocycles. The van der Waals surface area contributed by atoms with Gasteiger partial charge in [-0.15, -0.1) is 11.3 Å². The van der Waals surface area contributed by atoms with Gasteiger partial charge in [-0.1, -0.05) is 19.1 Å². The van der Waals surface area contributed by atoms with Crippen LogP contribution in [0, 0.1) is 0 Å². The maximum atomic E-state index is 5.91. The van der Waals surface area contributed by atoms with Crippen LogP contribution in [0.25, 0.3) is 0 Å². The van der Waals surface area contributed by atoms with Crippen LogP contribution >= 0.6 is 11.3 Å². The van der Waals surface area contributed by atoms with Crippen molar-refractivity contribution in [3.05, 3.63) is 46.2 Å². The Balaban J connectivity index is 1.85. The Bertz CT molecular complexity index is 592. The molecule has 1 aliphatic carbocycles. The van der Waals surface area contributed by atoms with Crippen molar-refractivity contribution >= 4 is 11.3 Å². The third-order valence-electron chi connectivity index (χ3n) is 3.54. The van der Waals surface area contributed by atoms with Gasteiger partial charge in [0.2, 0.25) is 0 Å². The first-order valence-corrected chi connectivity index (χ1v) is 8.30. The molecule has 21 heavy (non-hydrogen) atoms. The van der Waals surface area contributed by atoms with Crippen molar-refractivity contribution in [3.63, 3.8) is 0 Å². The first-order chi connectivity index (χ1) is 10.3. The number of thiophene rings is 1. The second-order valence-corrected chi connectivity index (χ2v) is 6.21. The first kappa shape index (κ1) is 14.4. The fraction of sp³-hybridized carbons (Fsp3) is 0.412. The molecule has 1 aromatic heterocycles. The van der Waals surface area contributed by atoms with Gasteiger partial charge in [-0.2, -0.15) is 0 Å². The van der Waals surface area contributed by atoms with Gasteiger partial charge in [0, 0.05) is 10.3 Å². The van der Waals surface area contributed by atoms with Gasteiger partial charge in [-0.25, -0.2) is 0 Å². The monoisotopic (exact) mass is 303 g/mol. The van der Waals surface area contributed by atoms with E-state index < -0.39 is 0 Å². The van der Waals surface area contributed by atoms with Crippen LogP contribution in [0.15, 0.2) is 35.7 Å². The van der Waals surface area contributed by atoms with Crippen molar-refractivity contribution < 1.29 is 9.47 Å². The second-order valence-electron chi connectivity index (χ2n) is 5.27. The summed E-state index contributed by atoms with van der Waals surface area (Å²) in [6.07, 6.45) is 2.80. The smallest absolute Gasteiger partial charge is 0.129 e. The molecule has 0 bridgehead atoms. The molecule has 3 rings (SSSR count). The number of benzene rings is 1. The van der Waals surface area contributed by atoms with Gasteiger partial charge in [-0.3, -0.25) is 0 Å². The highest BCUT2D eigenvalue weighted by molar-refractivity contribution is 7.10. The number of nitrogens with one attached hydrogen (secondary N) is 1. The van der Waals surface area contributed by atoms with Gasteiger partial charge in [0.05, 0.1) is 19.3 Å². The maximum Gasteiger partial charge on any atom is 0.129 e. The maximum absolute atomic E-state index is 5.91. The van der Waals surface area contributed by atoms with Crippen molar-refractivity contribution in [2.24, 2.45) is 0 Å². The third kappa shape index (κ3) is 3.57. The molecule has 1 N–H and O–H groups in total. The number of methoxy groups -OCH3 is 1. The van der Waals surface area contributed by atoms with E-state index in [1.165, 1.54) is 23.3 Å². The average molecular weight is 303 g/mol. The van der Waals surface area contributed by atoms with E-state index in [1.807, 2.05) is 11.4 Å². The molecule has 0 spiro atoms. The van der Waals surface area contributed by atoms with E-state index in [1.54, 1.807) is 18.4 Å². The lowest BCUT2D eigenvalue weighted by atomic mass is 10.0. The summed E-state index contributed by atoms with van der Waals surface area (Å²) in [5, 5.41) is 5.59. The van der Waals surface area contributed by atoms with Crippen molar-refractivity contribution in [3.8, 4) is 11.5 Å². The molecule has 0 amide bonds. The highest BCUT2D eigenvalue weighted by Crippen LogP contribution is 2.33. The summed E-state index contributed by atoms with van der Waals surface area (Å²) < 4.78 is 11.2. The Morgan fingerprint density at radius 3 is 2.81 bits per heavy atom. The second kappa shape index (κ2) is 6.50. The lowest BCUT2D eigenvalue weighted by Gasteiger charge is -2.18. The Labute approximate surface area is 129 Å². The molecular formula is C17H21NO2S. The molecule has 1 atom stereocenters. The molecule has 1 heterocycles. The lowest BCUT2D eigenvalue weighted by Crippen LogP contribution is -2.21. The summed E-state index contributed by atoms with van der Waals surface area (Å²) in [5.74, 6) is 1.89. The molecule has 1 fully saturated rings. The Morgan fingerprint density at radius 2 is 2.14 bits per heavy atom. The van der Waals surface area contributed by atoms with Crippen LogP contribution < -0.4 is 14.8 Å². The molecular weight excluding hydrogens is 282 g/mol. The molecule has 1 aromatic carbocycles. The zero-order valence-corrected chi connectivity index (χ0v) is 13.3. The summed E-state index contributed by atoms with van der Waals surface area (Å²) in [7, 11) is 1.71.